The Hall–Kier alpha value is -2.02. The zero-order valence-electron chi connectivity index (χ0n) is 12.1. The first kappa shape index (κ1) is 14.4. The van der Waals surface area contributed by atoms with Gasteiger partial charge in [-0.15, -0.1) is 6.58 Å². The lowest BCUT2D eigenvalue weighted by molar-refractivity contribution is 0.306. The molecule has 0 aliphatic rings. The van der Waals surface area contributed by atoms with Gasteiger partial charge in [-0.2, -0.15) is 0 Å². The molecule has 2 aromatic rings. The molecule has 0 amide bonds. The van der Waals surface area contributed by atoms with Crippen molar-refractivity contribution >= 4 is 0 Å². The lowest BCUT2D eigenvalue weighted by atomic mass is 9.93. The Balaban J connectivity index is 1.96. The van der Waals surface area contributed by atoms with Gasteiger partial charge < -0.3 is 4.74 Å². The minimum atomic E-state index is 0.565. The number of ether oxygens (including phenoxy) is 1. The van der Waals surface area contributed by atoms with Crippen molar-refractivity contribution in [1.29, 1.82) is 0 Å². The lowest BCUT2D eigenvalue weighted by Crippen LogP contribution is -1.97. The lowest BCUT2D eigenvalue weighted by Gasteiger charge is -2.14. The van der Waals surface area contributed by atoms with Crippen LogP contribution in [-0.4, -0.2) is 0 Å². The molecule has 0 N–H and O–H groups in total. The minimum absolute atomic E-state index is 0.565. The molecule has 0 saturated carbocycles. The third-order valence-electron chi connectivity index (χ3n) is 3.54. The van der Waals surface area contributed by atoms with Gasteiger partial charge in [-0.3, -0.25) is 0 Å². The van der Waals surface area contributed by atoms with Crippen molar-refractivity contribution in [3.63, 3.8) is 0 Å². The molecule has 0 fully saturated rings. The van der Waals surface area contributed by atoms with E-state index in [9.17, 15) is 0 Å². The Kier molecular flexibility index (Phi) is 5.43. The van der Waals surface area contributed by atoms with Gasteiger partial charge in [-0.1, -0.05) is 55.5 Å². The monoisotopic (exact) mass is 266 g/mol. The first-order chi connectivity index (χ1) is 9.83. The van der Waals surface area contributed by atoms with Gasteiger partial charge in [-0.25, -0.2) is 0 Å². The highest BCUT2D eigenvalue weighted by atomic mass is 16.5. The van der Waals surface area contributed by atoms with Crippen LogP contribution in [0.1, 0.15) is 36.8 Å². The van der Waals surface area contributed by atoms with Crippen molar-refractivity contribution in [1.82, 2.24) is 0 Å². The van der Waals surface area contributed by atoms with Crippen LogP contribution >= 0.6 is 0 Å². The van der Waals surface area contributed by atoms with Crippen molar-refractivity contribution in [2.45, 2.75) is 32.3 Å². The predicted octanol–water partition coefficient (Wildman–Crippen LogP) is 5.34. The molecule has 1 heteroatoms. The highest BCUT2D eigenvalue weighted by Crippen LogP contribution is 2.25. The van der Waals surface area contributed by atoms with E-state index in [2.05, 4.69) is 49.9 Å². The average Bonchev–Trinajstić information content (AvgIpc) is 2.52. The Morgan fingerprint density at radius 3 is 2.35 bits per heavy atom. The fourth-order valence-electron chi connectivity index (χ4n) is 2.32. The summed E-state index contributed by atoms with van der Waals surface area (Å²) < 4.78 is 5.80. The summed E-state index contributed by atoms with van der Waals surface area (Å²) >= 11 is 0. The number of hydrogen-bond acceptors (Lipinski definition) is 1. The molecule has 104 valence electrons. The Morgan fingerprint density at radius 1 is 1.05 bits per heavy atom. The molecule has 2 rings (SSSR count). The van der Waals surface area contributed by atoms with E-state index >= 15 is 0 Å². The molecule has 0 radical (unpaired) electrons. The van der Waals surface area contributed by atoms with Gasteiger partial charge in [0.05, 0.1) is 0 Å². The molecule has 20 heavy (non-hydrogen) atoms. The molecule has 0 saturated heterocycles. The van der Waals surface area contributed by atoms with Gasteiger partial charge in [-0.05, 0) is 42.0 Å². The second-order valence-corrected chi connectivity index (χ2v) is 4.97. The van der Waals surface area contributed by atoms with Crippen LogP contribution in [0.15, 0.2) is 67.3 Å². The summed E-state index contributed by atoms with van der Waals surface area (Å²) in [6, 6.07) is 18.7. The summed E-state index contributed by atoms with van der Waals surface area (Å²) in [5.41, 5.74) is 2.55. The van der Waals surface area contributed by atoms with Crippen molar-refractivity contribution in [2.75, 3.05) is 0 Å². The summed E-state index contributed by atoms with van der Waals surface area (Å²) in [6.45, 7) is 6.66. The highest BCUT2D eigenvalue weighted by molar-refractivity contribution is 5.30. The van der Waals surface area contributed by atoms with Crippen molar-refractivity contribution in [2.24, 2.45) is 0 Å². The highest BCUT2D eigenvalue weighted by Gasteiger charge is 2.07. The first-order valence-electron chi connectivity index (χ1n) is 7.21. The van der Waals surface area contributed by atoms with Crippen LogP contribution in [0.25, 0.3) is 0 Å². The summed E-state index contributed by atoms with van der Waals surface area (Å²) in [5.74, 6) is 1.49. The molecule has 1 atom stereocenters. The zero-order valence-corrected chi connectivity index (χ0v) is 12.1. The first-order valence-corrected chi connectivity index (χ1v) is 7.21. The maximum Gasteiger partial charge on any atom is 0.119 e. The second kappa shape index (κ2) is 7.54. The van der Waals surface area contributed by atoms with Crippen molar-refractivity contribution < 1.29 is 4.74 Å². The smallest absolute Gasteiger partial charge is 0.119 e. The molecule has 0 spiro atoms. The van der Waals surface area contributed by atoms with E-state index in [1.54, 1.807) is 0 Å². The summed E-state index contributed by atoms with van der Waals surface area (Å²) in [5, 5.41) is 0. The van der Waals surface area contributed by atoms with Crippen LogP contribution < -0.4 is 4.74 Å². The second-order valence-electron chi connectivity index (χ2n) is 4.97. The van der Waals surface area contributed by atoms with Gasteiger partial charge >= 0.3 is 0 Å². The molecule has 1 nitrogen and oxygen atoms in total. The van der Waals surface area contributed by atoms with E-state index in [-0.39, 0.29) is 0 Å². The summed E-state index contributed by atoms with van der Waals surface area (Å²) in [7, 11) is 0. The molecule has 0 aliphatic carbocycles. The largest absolute Gasteiger partial charge is 0.489 e. The van der Waals surface area contributed by atoms with Crippen molar-refractivity contribution in [3.8, 4) is 5.75 Å². The molecule has 0 aliphatic heterocycles. The Labute approximate surface area is 121 Å². The third-order valence-corrected chi connectivity index (χ3v) is 3.54. The van der Waals surface area contributed by atoms with E-state index in [0.29, 0.717) is 12.5 Å². The normalized spacial score (nSPS) is 11.8. The number of allylic oxidation sites excluding steroid dienone is 1. The Morgan fingerprint density at radius 2 is 1.75 bits per heavy atom. The maximum absolute atomic E-state index is 5.80. The number of benzene rings is 2. The van der Waals surface area contributed by atoms with E-state index in [1.165, 1.54) is 11.1 Å². The standard InChI is InChI=1S/C19H22O/c1-3-8-17(4-2)18-11-13-19(14-12-18)20-15-16-9-6-5-7-10-16/h3,5-7,9-14,17H,1,4,8,15H2,2H3. The maximum atomic E-state index is 5.80. The molecular weight excluding hydrogens is 244 g/mol. The van der Waals surface area contributed by atoms with Gasteiger partial charge in [0.25, 0.3) is 0 Å². The fourth-order valence-corrected chi connectivity index (χ4v) is 2.32. The van der Waals surface area contributed by atoms with Crippen LogP contribution in [0.4, 0.5) is 0 Å². The molecule has 2 aromatic carbocycles. The fraction of sp³-hybridized carbons (Fsp3) is 0.263. The van der Waals surface area contributed by atoms with E-state index in [1.807, 2.05) is 24.3 Å². The van der Waals surface area contributed by atoms with Gasteiger partial charge in [0.1, 0.15) is 12.4 Å². The average molecular weight is 266 g/mol. The van der Waals surface area contributed by atoms with Gasteiger partial charge in [0, 0.05) is 0 Å². The van der Waals surface area contributed by atoms with Gasteiger partial charge in [0.2, 0.25) is 0 Å². The van der Waals surface area contributed by atoms with Crippen LogP contribution in [0.5, 0.6) is 5.75 Å². The summed E-state index contributed by atoms with van der Waals surface area (Å²) in [6.07, 6.45) is 4.16. The van der Waals surface area contributed by atoms with Crippen LogP contribution in [0.2, 0.25) is 0 Å². The number of hydrogen-bond donors (Lipinski definition) is 0. The molecule has 0 bridgehead atoms. The van der Waals surface area contributed by atoms with E-state index in [0.717, 1.165) is 18.6 Å². The van der Waals surface area contributed by atoms with Gasteiger partial charge in [0.15, 0.2) is 0 Å². The van der Waals surface area contributed by atoms with E-state index in [4.69, 9.17) is 4.74 Å². The quantitative estimate of drug-likeness (QED) is 0.615. The third kappa shape index (κ3) is 3.99. The molecule has 0 aromatic heterocycles. The topological polar surface area (TPSA) is 9.23 Å². The SMILES string of the molecule is C=CCC(CC)c1ccc(OCc2ccccc2)cc1. The number of rotatable bonds is 7. The Bertz CT molecular complexity index is 513. The molecular formula is C19H22O. The van der Waals surface area contributed by atoms with E-state index < -0.39 is 0 Å². The summed E-state index contributed by atoms with van der Waals surface area (Å²) in [4.78, 5) is 0. The van der Waals surface area contributed by atoms with Crippen LogP contribution in [0, 0.1) is 0 Å². The van der Waals surface area contributed by atoms with Crippen molar-refractivity contribution in [3.05, 3.63) is 78.4 Å². The minimum Gasteiger partial charge on any atom is -0.489 e. The predicted molar refractivity (Wildman–Crippen MR) is 85.1 cm³/mol. The zero-order chi connectivity index (χ0) is 14.2. The van der Waals surface area contributed by atoms with Crippen LogP contribution in [-0.2, 0) is 6.61 Å². The van der Waals surface area contributed by atoms with Crippen LogP contribution in [0.3, 0.4) is 0 Å². The molecule has 0 heterocycles. The molecule has 1 unspecified atom stereocenters.